The van der Waals surface area contributed by atoms with Gasteiger partial charge in [0, 0.05) is 17.2 Å². The molecule has 0 spiro atoms. The topological polar surface area (TPSA) is 9.23 Å². The highest BCUT2D eigenvalue weighted by molar-refractivity contribution is 6.21. The molecule has 0 N–H and O–H groups in total. The molecule has 0 aromatic heterocycles. The van der Waals surface area contributed by atoms with Gasteiger partial charge in [-0.1, -0.05) is 46.8 Å². The van der Waals surface area contributed by atoms with Gasteiger partial charge in [-0.05, 0) is 29.5 Å². The predicted molar refractivity (Wildman–Crippen MR) is 82.3 cm³/mol. The molecule has 0 bridgehead atoms. The van der Waals surface area contributed by atoms with Crippen molar-refractivity contribution in [1.29, 1.82) is 0 Å². The highest BCUT2D eigenvalue weighted by Crippen LogP contribution is 2.46. The van der Waals surface area contributed by atoms with Gasteiger partial charge in [-0.2, -0.15) is 0 Å². The van der Waals surface area contributed by atoms with Crippen LogP contribution in [0.15, 0.2) is 18.2 Å². The fourth-order valence-corrected chi connectivity index (χ4v) is 2.74. The SMILES string of the molecule is Cc1cc(C(C)(C)C)ccc1OC1CC(Cl)C1(C)C. The lowest BCUT2D eigenvalue weighted by Crippen LogP contribution is -2.53. The van der Waals surface area contributed by atoms with Crippen molar-refractivity contribution in [2.45, 2.75) is 64.9 Å². The Morgan fingerprint density at radius 2 is 1.89 bits per heavy atom. The monoisotopic (exact) mass is 280 g/mol. The van der Waals surface area contributed by atoms with Gasteiger partial charge in [0.15, 0.2) is 0 Å². The van der Waals surface area contributed by atoms with Crippen LogP contribution in [-0.2, 0) is 5.41 Å². The summed E-state index contributed by atoms with van der Waals surface area (Å²) in [5.41, 5.74) is 2.80. The normalized spacial score (nSPS) is 25.8. The molecule has 1 aliphatic carbocycles. The van der Waals surface area contributed by atoms with Gasteiger partial charge in [0.2, 0.25) is 0 Å². The molecule has 19 heavy (non-hydrogen) atoms. The fourth-order valence-electron chi connectivity index (χ4n) is 2.44. The smallest absolute Gasteiger partial charge is 0.122 e. The highest BCUT2D eigenvalue weighted by Gasteiger charge is 2.49. The molecule has 1 aliphatic rings. The number of hydrogen-bond acceptors (Lipinski definition) is 1. The van der Waals surface area contributed by atoms with Gasteiger partial charge in [-0.3, -0.25) is 0 Å². The maximum atomic E-state index is 6.25. The van der Waals surface area contributed by atoms with E-state index in [0.717, 1.165) is 12.2 Å². The van der Waals surface area contributed by atoms with Crippen LogP contribution in [0, 0.1) is 12.3 Å². The molecule has 2 atom stereocenters. The largest absolute Gasteiger partial charge is 0.489 e. The lowest BCUT2D eigenvalue weighted by molar-refractivity contribution is -0.0134. The summed E-state index contributed by atoms with van der Waals surface area (Å²) >= 11 is 6.25. The number of halogens is 1. The third-order valence-electron chi connectivity index (χ3n) is 4.37. The molecular weight excluding hydrogens is 256 g/mol. The van der Waals surface area contributed by atoms with Crippen LogP contribution in [0.2, 0.25) is 0 Å². The van der Waals surface area contributed by atoms with Gasteiger partial charge in [-0.15, -0.1) is 11.6 Å². The zero-order valence-corrected chi connectivity index (χ0v) is 13.6. The zero-order valence-electron chi connectivity index (χ0n) is 12.9. The summed E-state index contributed by atoms with van der Waals surface area (Å²) < 4.78 is 6.15. The summed E-state index contributed by atoms with van der Waals surface area (Å²) in [4.78, 5) is 0. The summed E-state index contributed by atoms with van der Waals surface area (Å²) in [5.74, 6) is 0.995. The molecule has 1 aromatic rings. The number of aryl methyl sites for hydroxylation is 1. The standard InChI is InChI=1S/C17H25ClO/c1-11-9-12(16(2,3)4)7-8-13(11)19-15-10-14(18)17(15,5)6/h7-9,14-15H,10H2,1-6H3. The quantitative estimate of drug-likeness (QED) is 0.687. The van der Waals surface area contributed by atoms with Crippen LogP contribution < -0.4 is 4.74 Å². The van der Waals surface area contributed by atoms with Crippen LogP contribution >= 0.6 is 11.6 Å². The zero-order chi connectivity index (χ0) is 14.4. The van der Waals surface area contributed by atoms with E-state index in [1.165, 1.54) is 11.1 Å². The second-order valence-corrected chi connectivity index (χ2v) is 7.89. The molecule has 0 saturated heterocycles. The first kappa shape index (κ1) is 14.7. The number of benzene rings is 1. The van der Waals surface area contributed by atoms with Crippen molar-refractivity contribution in [3.05, 3.63) is 29.3 Å². The summed E-state index contributed by atoms with van der Waals surface area (Å²) in [6, 6.07) is 6.51. The molecule has 0 radical (unpaired) electrons. The van der Waals surface area contributed by atoms with Crippen LogP contribution in [0.3, 0.4) is 0 Å². The first-order valence-electron chi connectivity index (χ1n) is 7.04. The van der Waals surface area contributed by atoms with Crippen molar-refractivity contribution < 1.29 is 4.74 Å². The van der Waals surface area contributed by atoms with Crippen LogP contribution in [0.4, 0.5) is 0 Å². The van der Waals surface area contributed by atoms with Crippen molar-refractivity contribution in [2.24, 2.45) is 5.41 Å². The molecule has 1 saturated carbocycles. The van der Waals surface area contributed by atoms with E-state index in [9.17, 15) is 0 Å². The molecule has 0 heterocycles. The van der Waals surface area contributed by atoms with Crippen molar-refractivity contribution in [2.75, 3.05) is 0 Å². The molecule has 0 amide bonds. The van der Waals surface area contributed by atoms with E-state index in [2.05, 4.69) is 59.7 Å². The number of ether oxygens (including phenoxy) is 1. The molecule has 106 valence electrons. The minimum Gasteiger partial charge on any atom is -0.489 e. The Bertz CT molecular complexity index is 471. The van der Waals surface area contributed by atoms with Gasteiger partial charge < -0.3 is 4.74 Å². The Hall–Kier alpha value is -0.690. The maximum absolute atomic E-state index is 6.25. The van der Waals surface area contributed by atoms with Gasteiger partial charge in [0.25, 0.3) is 0 Å². The van der Waals surface area contributed by atoms with Crippen molar-refractivity contribution in [1.82, 2.24) is 0 Å². The number of alkyl halides is 1. The average Bonchev–Trinajstić information content (AvgIpc) is 2.29. The Labute approximate surface area is 122 Å². The lowest BCUT2D eigenvalue weighted by atomic mass is 9.68. The van der Waals surface area contributed by atoms with E-state index < -0.39 is 0 Å². The average molecular weight is 281 g/mol. The molecular formula is C17H25ClO. The Morgan fingerprint density at radius 1 is 1.26 bits per heavy atom. The molecule has 1 aromatic carbocycles. The summed E-state index contributed by atoms with van der Waals surface area (Å²) in [7, 11) is 0. The van der Waals surface area contributed by atoms with E-state index >= 15 is 0 Å². The van der Waals surface area contributed by atoms with Crippen LogP contribution in [0.25, 0.3) is 0 Å². The van der Waals surface area contributed by atoms with Crippen molar-refractivity contribution >= 4 is 11.6 Å². The third kappa shape index (κ3) is 2.76. The molecule has 1 fully saturated rings. The second-order valence-electron chi connectivity index (χ2n) is 7.36. The molecule has 1 nitrogen and oxygen atoms in total. The Kier molecular flexibility index (Phi) is 3.64. The first-order valence-corrected chi connectivity index (χ1v) is 7.48. The Balaban J connectivity index is 2.15. The molecule has 2 heteroatoms. The molecule has 2 rings (SSSR count). The van der Waals surface area contributed by atoms with Crippen LogP contribution in [0.5, 0.6) is 5.75 Å². The van der Waals surface area contributed by atoms with Gasteiger partial charge >= 0.3 is 0 Å². The van der Waals surface area contributed by atoms with E-state index in [1.807, 2.05) is 0 Å². The van der Waals surface area contributed by atoms with Gasteiger partial charge in [0.05, 0.1) is 0 Å². The maximum Gasteiger partial charge on any atom is 0.122 e. The third-order valence-corrected chi connectivity index (χ3v) is 5.11. The summed E-state index contributed by atoms with van der Waals surface area (Å²) in [5, 5.41) is 0.228. The van der Waals surface area contributed by atoms with E-state index in [0.29, 0.717) is 0 Å². The fraction of sp³-hybridized carbons (Fsp3) is 0.647. The Morgan fingerprint density at radius 3 is 2.32 bits per heavy atom. The molecule has 2 unspecified atom stereocenters. The van der Waals surface area contributed by atoms with Crippen molar-refractivity contribution in [3.8, 4) is 5.75 Å². The minimum absolute atomic E-state index is 0.0662. The van der Waals surface area contributed by atoms with E-state index in [-0.39, 0.29) is 22.3 Å². The second kappa shape index (κ2) is 4.70. The minimum atomic E-state index is 0.0662. The van der Waals surface area contributed by atoms with Crippen LogP contribution in [-0.4, -0.2) is 11.5 Å². The first-order chi connectivity index (χ1) is 8.62. The van der Waals surface area contributed by atoms with Crippen LogP contribution in [0.1, 0.15) is 52.2 Å². The number of hydrogen-bond donors (Lipinski definition) is 0. The summed E-state index contributed by atoms with van der Waals surface area (Å²) in [6.45, 7) is 13.2. The summed E-state index contributed by atoms with van der Waals surface area (Å²) in [6.07, 6.45) is 1.17. The van der Waals surface area contributed by atoms with E-state index in [1.54, 1.807) is 0 Å². The van der Waals surface area contributed by atoms with Gasteiger partial charge in [-0.25, -0.2) is 0 Å². The predicted octanol–water partition coefficient (Wildman–Crippen LogP) is 5.08. The van der Waals surface area contributed by atoms with Gasteiger partial charge in [0.1, 0.15) is 11.9 Å². The molecule has 0 aliphatic heterocycles. The highest BCUT2D eigenvalue weighted by atomic mass is 35.5. The number of rotatable bonds is 2. The lowest BCUT2D eigenvalue weighted by Gasteiger charge is -2.48. The van der Waals surface area contributed by atoms with E-state index in [4.69, 9.17) is 16.3 Å². The van der Waals surface area contributed by atoms with Crippen molar-refractivity contribution in [3.63, 3.8) is 0 Å².